The third-order valence-corrected chi connectivity index (χ3v) is 3.67. The Balaban J connectivity index is 2.15. The quantitative estimate of drug-likeness (QED) is 0.349. The molecule has 5 heteroatoms. The Kier molecular flexibility index (Phi) is 4.70. The van der Waals surface area contributed by atoms with Crippen molar-refractivity contribution in [2.24, 2.45) is 10.9 Å². The molecule has 2 aromatic carbocycles. The van der Waals surface area contributed by atoms with Gasteiger partial charge in [0.05, 0.1) is 0 Å². The van der Waals surface area contributed by atoms with E-state index in [0.717, 1.165) is 11.3 Å². The number of amidine groups is 1. The van der Waals surface area contributed by atoms with Crippen molar-refractivity contribution in [2.45, 2.75) is 20.4 Å². The Morgan fingerprint density at radius 3 is 2.67 bits per heavy atom. The predicted molar refractivity (Wildman–Crippen MR) is 87.2 cm³/mol. The molecule has 0 amide bonds. The zero-order valence-electron chi connectivity index (χ0n) is 12.0. The fourth-order valence-electron chi connectivity index (χ4n) is 2.02. The molecule has 4 N–H and O–H groups in total. The van der Waals surface area contributed by atoms with Crippen LogP contribution in [0.4, 0.5) is 5.69 Å². The number of benzene rings is 2. The van der Waals surface area contributed by atoms with Crippen molar-refractivity contribution >= 4 is 23.1 Å². The Morgan fingerprint density at radius 2 is 2.00 bits per heavy atom. The number of nitrogens with two attached hydrogens (primary N) is 1. The zero-order chi connectivity index (χ0) is 15.4. The molecule has 0 unspecified atom stereocenters. The van der Waals surface area contributed by atoms with Gasteiger partial charge >= 0.3 is 0 Å². The maximum Gasteiger partial charge on any atom is 0.170 e. The van der Waals surface area contributed by atoms with Crippen molar-refractivity contribution in [3.8, 4) is 0 Å². The van der Waals surface area contributed by atoms with E-state index < -0.39 is 0 Å². The van der Waals surface area contributed by atoms with Crippen LogP contribution in [0.1, 0.15) is 22.3 Å². The van der Waals surface area contributed by atoms with Crippen molar-refractivity contribution in [3.63, 3.8) is 0 Å². The van der Waals surface area contributed by atoms with E-state index in [1.54, 1.807) is 12.1 Å². The van der Waals surface area contributed by atoms with Crippen molar-refractivity contribution < 1.29 is 5.21 Å². The van der Waals surface area contributed by atoms with Crippen LogP contribution in [0.25, 0.3) is 0 Å². The van der Waals surface area contributed by atoms with E-state index in [1.165, 1.54) is 11.1 Å². The van der Waals surface area contributed by atoms with Crippen molar-refractivity contribution in [1.29, 1.82) is 0 Å². The molecular formula is C16H18ClN3O. The second kappa shape index (κ2) is 6.50. The summed E-state index contributed by atoms with van der Waals surface area (Å²) in [5, 5.41) is 15.6. The smallest absolute Gasteiger partial charge is 0.170 e. The van der Waals surface area contributed by atoms with Gasteiger partial charge in [-0.05, 0) is 42.7 Å². The van der Waals surface area contributed by atoms with E-state index in [0.29, 0.717) is 17.1 Å². The van der Waals surface area contributed by atoms with Crippen molar-refractivity contribution in [2.75, 3.05) is 5.32 Å². The van der Waals surface area contributed by atoms with Crippen LogP contribution in [0.3, 0.4) is 0 Å². The fourth-order valence-corrected chi connectivity index (χ4v) is 2.27. The van der Waals surface area contributed by atoms with Gasteiger partial charge in [-0.2, -0.15) is 0 Å². The second-order valence-corrected chi connectivity index (χ2v) is 5.37. The first-order chi connectivity index (χ1) is 10.0. The summed E-state index contributed by atoms with van der Waals surface area (Å²) < 4.78 is 0. The second-order valence-electron chi connectivity index (χ2n) is 4.96. The average molecular weight is 304 g/mol. The fraction of sp³-hybridized carbons (Fsp3) is 0.188. The van der Waals surface area contributed by atoms with Gasteiger partial charge in [0.25, 0.3) is 0 Å². The minimum atomic E-state index is 0.0472. The number of rotatable bonds is 4. The molecule has 21 heavy (non-hydrogen) atoms. The maximum absolute atomic E-state index is 8.66. The average Bonchev–Trinajstić information content (AvgIpc) is 2.48. The molecule has 0 fully saturated rings. The zero-order valence-corrected chi connectivity index (χ0v) is 12.8. The van der Waals surface area contributed by atoms with Crippen molar-refractivity contribution in [3.05, 3.63) is 63.7 Å². The van der Waals surface area contributed by atoms with Crippen LogP contribution in [-0.2, 0) is 6.54 Å². The van der Waals surface area contributed by atoms with E-state index in [-0.39, 0.29) is 5.84 Å². The number of anilines is 1. The van der Waals surface area contributed by atoms with Gasteiger partial charge in [0, 0.05) is 22.8 Å². The van der Waals surface area contributed by atoms with E-state index in [1.807, 2.05) is 6.07 Å². The van der Waals surface area contributed by atoms with Crippen LogP contribution >= 0.6 is 11.6 Å². The molecule has 2 aromatic rings. The number of hydrogen-bond acceptors (Lipinski definition) is 3. The largest absolute Gasteiger partial charge is 0.409 e. The van der Waals surface area contributed by atoms with Crippen LogP contribution in [-0.4, -0.2) is 11.0 Å². The van der Waals surface area contributed by atoms with Gasteiger partial charge in [0.2, 0.25) is 0 Å². The molecule has 2 rings (SSSR count). The van der Waals surface area contributed by atoms with Gasteiger partial charge in [0.1, 0.15) is 0 Å². The summed E-state index contributed by atoms with van der Waals surface area (Å²) in [5.74, 6) is 0.0472. The van der Waals surface area contributed by atoms with Gasteiger partial charge in [0.15, 0.2) is 5.84 Å². The summed E-state index contributed by atoms with van der Waals surface area (Å²) in [6.07, 6.45) is 0. The summed E-state index contributed by atoms with van der Waals surface area (Å²) in [4.78, 5) is 0. The van der Waals surface area contributed by atoms with Crippen molar-refractivity contribution in [1.82, 2.24) is 0 Å². The third-order valence-electron chi connectivity index (χ3n) is 3.32. The van der Waals surface area contributed by atoms with Gasteiger partial charge in [-0.15, -0.1) is 0 Å². The lowest BCUT2D eigenvalue weighted by Crippen LogP contribution is -2.13. The first-order valence-corrected chi connectivity index (χ1v) is 6.96. The van der Waals surface area contributed by atoms with E-state index in [2.05, 4.69) is 42.5 Å². The van der Waals surface area contributed by atoms with Gasteiger partial charge in [-0.3, -0.25) is 0 Å². The molecule has 0 bridgehead atoms. The van der Waals surface area contributed by atoms with Crippen LogP contribution < -0.4 is 11.1 Å². The molecule has 4 nitrogen and oxygen atoms in total. The molecule has 0 atom stereocenters. The first kappa shape index (κ1) is 15.2. The number of halogens is 1. The lowest BCUT2D eigenvalue weighted by atomic mass is 10.1. The first-order valence-electron chi connectivity index (χ1n) is 6.58. The van der Waals surface area contributed by atoms with Crippen LogP contribution in [0.5, 0.6) is 0 Å². The lowest BCUT2D eigenvalue weighted by Gasteiger charge is -2.12. The molecular weight excluding hydrogens is 286 g/mol. The Bertz CT molecular complexity index is 683. The highest BCUT2D eigenvalue weighted by atomic mass is 35.5. The monoisotopic (exact) mass is 303 g/mol. The third kappa shape index (κ3) is 3.67. The number of nitrogens with one attached hydrogen (secondary N) is 1. The van der Waals surface area contributed by atoms with Gasteiger partial charge < -0.3 is 16.3 Å². The highest BCUT2D eigenvalue weighted by Gasteiger charge is 2.06. The van der Waals surface area contributed by atoms with E-state index >= 15 is 0 Å². The predicted octanol–water partition coefficient (Wildman–Crippen LogP) is 3.66. The normalized spacial score (nSPS) is 11.5. The van der Waals surface area contributed by atoms with Crippen LogP contribution in [0, 0.1) is 13.8 Å². The minimum Gasteiger partial charge on any atom is -0.409 e. The molecule has 0 heterocycles. The Morgan fingerprint density at radius 1 is 1.24 bits per heavy atom. The molecule has 0 aliphatic carbocycles. The maximum atomic E-state index is 8.66. The summed E-state index contributed by atoms with van der Waals surface area (Å²) in [7, 11) is 0. The van der Waals surface area contributed by atoms with Crippen LogP contribution in [0.15, 0.2) is 41.6 Å². The SMILES string of the molecule is Cc1ccc(C)c(NCc2ccc(/C(N)=N/O)cc2Cl)c1. The summed E-state index contributed by atoms with van der Waals surface area (Å²) in [6, 6.07) is 11.6. The topological polar surface area (TPSA) is 70.6 Å². The Hall–Kier alpha value is -2.20. The summed E-state index contributed by atoms with van der Waals surface area (Å²) in [6.45, 7) is 4.73. The highest BCUT2D eigenvalue weighted by molar-refractivity contribution is 6.31. The number of oxime groups is 1. The number of nitrogens with zero attached hydrogens (tertiary/aromatic N) is 1. The van der Waals surface area contributed by atoms with Crippen LogP contribution in [0.2, 0.25) is 5.02 Å². The molecule has 0 saturated carbocycles. The van der Waals surface area contributed by atoms with Gasteiger partial charge in [-0.25, -0.2) is 0 Å². The molecule has 0 radical (unpaired) electrons. The summed E-state index contributed by atoms with van der Waals surface area (Å²) >= 11 is 6.24. The Labute approximate surface area is 129 Å². The van der Waals surface area contributed by atoms with E-state index in [4.69, 9.17) is 22.5 Å². The standard InChI is InChI=1S/C16H18ClN3O/c1-10-3-4-11(2)15(7-10)19-9-13-6-5-12(8-14(13)17)16(18)20-21/h3-8,19,21H,9H2,1-2H3,(H2,18,20). The van der Waals surface area contributed by atoms with E-state index in [9.17, 15) is 0 Å². The summed E-state index contributed by atoms with van der Waals surface area (Å²) in [5.41, 5.74) is 10.6. The lowest BCUT2D eigenvalue weighted by molar-refractivity contribution is 0.318. The minimum absolute atomic E-state index is 0.0472. The highest BCUT2D eigenvalue weighted by Crippen LogP contribution is 2.21. The number of hydrogen-bond donors (Lipinski definition) is 3. The molecule has 0 aliphatic heterocycles. The molecule has 110 valence electrons. The molecule has 0 spiro atoms. The molecule has 0 aliphatic rings. The number of aryl methyl sites for hydroxylation is 2. The van der Waals surface area contributed by atoms with Gasteiger partial charge in [-0.1, -0.05) is 41.0 Å². The molecule has 0 saturated heterocycles. The molecule has 0 aromatic heterocycles.